The van der Waals surface area contributed by atoms with Crippen molar-refractivity contribution in [1.29, 1.82) is 0 Å². The molecule has 1 aliphatic heterocycles. The van der Waals surface area contributed by atoms with Gasteiger partial charge in [0, 0.05) is 45.5 Å². The minimum Gasteiger partial charge on any atom is -0.469 e. The fourth-order valence-electron chi connectivity index (χ4n) is 3.48. The molecule has 1 heterocycles. The van der Waals surface area contributed by atoms with Crippen molar-refractivity contribution in [2.24, 2.45) is 16.8 Å². The van der Waals surface area contributed by atoms with Gasteiger partial charge in [0.15, 0.2) is 5.96 Å². The van der Waals surface area contributed by atoms with Crippen molar-refractivity contribution >= 4 is 17.6 Å². The van der Waals surface area contributed by atoms with Gasteiger partial charge in [-0.2, -0.15) is 0 Å². The highest BCUT2D eigenvalue weighted by molar-refractivity contribution is 5.82. The van der Waals surface area contributed by atoms with Gasteiger partial charge in [0.1, 0.15) is 0 Å². The van der Waals surface area contributed by atoms with E-state index in [2.05, 4.69) is 60.3 Å². The Morgan fingerprint density at radius 1 is 1.30 bits per heavy atom. The predicted molar refractivity (Wildman–Crippen MR) is 111 cm³/mol. The summed E-state index contributed by atoms with van der Waals surface area (Å²) in [5.74, 6) is 0.996. The van der Waals surface area contributed by atoms with E-state index >= 15 is 0 Å². The smallest absolute Gasteiger partial charge is 0.310 e. The summed E-state index contributed by atoms with van der Waals surface area (Å²) in [7, 11) is 3.59. The van der Waals surface area contributed by atoms with Crippen LogP contribution in [-0.2, 0) is 9.53 Å². The van der Waals surface area contributed by atoms with Gasteiger partial charge in [0.25, 0.3) is 0 Å². The number of carbonyl (C=O) groups excluding carboxylic acids is 1. The third-order valence-corrected chi connectivity index (χ3v) is 5.11. The third kappa shape index (κ3) is 6.15. The quantitative estimate of drug-likeness (QED) is 0.328. The van der Waals surface area contributed by atoms with Crippen LogP contribution in [0.5, 0.6) is 0 Å². The molecule has 1 saturated heterocycles. The van der Waals surface area contributed by atoms with Crippen LogP contribution >= 0.6 is 0 Å². The average molecular weight is 375 g/mol. The summed E-state index contributed by atoms with van der Waals surface area (Å²) in [5.41, 5.74) is 1.24. The molecule has 1 N–H and O–H groups in total. The largest absolute Gasteiger partial charge is 0.469 e. The lowest BCUT2D eigenvalue weighted by molar-refractivity contribution is -0.145. The van der Waals surface area contributed by atoms with Gasteiger partial charge < -0.3 is 19.9 Å². The molecule has 1 fully saturated rings. The first-order valence-electron chi connectivity index (χ1n) is 9.94. The molecule has 0 spiro atoms. The van der Waals surface area contributed by atoms with Gasteiger partial charge in [-0.15, -0.1) is 0 Å². The lowest BCUT2D eigenvalue weighted by atomic mass is 9.99. The molecule has 0 aromatic heterocycles. The number of anilines is 1. The number of esters is 1. The summed E-state index contributed by atoms with van der Waals surface area (Å²) in [4.78, 5) is 21.2. The number of likely N-dealkylation sites (tertiary alicyclic amines) is 1. The highest BCUT2D eigenvalue weighted by Crippen LogP contribution is 2.24. The lowest BCUT2D eigenvalue weighted by Gasteiger charge is -2.22. The normalized spacial score (nSPS) is 19.9. The van der Waals surface area contributed by atoms with E-state index < -0.39 is 0 Å². The molecule has 0 bridgehead atoms. The molecule has 27 heavy (non-hydrogen) atoms. The van der Waals surface area contributed by atoms with Crippen molar-refractivity contribution in [2.75, 3.05) is 51.8 Å². The van der Waals surface area contributed by atoms with Crippen molar-refractivity contribution in [3.8, 4) is 0 Å². The molecule has 0 aliphatic carbocycles. The molecule has 150 valence electrons. The Morgan fingerprint density at radius 3 is 2.70 bits per heavy atom. The Hall–Kier alpha value is -2.24. The number of nitrogens with one attached hydrogen (secondary N) is 1. The zero-order valence-electron chi connectivity index (χ0n) is 17.1. The van der Waals surface area contributed by atoms with Gasteiger partial charge in [-0.3, -0.25) is 9.79 Å². The number of rotatable bonds is 8. The number of ether oxygens (including phenoxy) is 1. The van der Waals surface area contributed by atoms with E-state index in [4.69, 9.17) is 9.73 Å². The minimum atomic E-state index is -0.121. The molecule has 0 amide bonds. The molecule has 2 rings (SSSR count). The highest BCUT2D eigenvalue weighted by Gasteiger charge is 2.36. The van der Waals surface area contributed by atoms with E-state index in [0.29, 0.717) is 6.54 Å². The zero-order chi connectivity index (χ0) is 19.6. The molecule has 2 unspecified atom stereocenters. The summed E-state index contributed by atoms with van der Waals surface area (Å²) in [6.07, 6.45) is 2.13. The third-order valence-electron chi connectivity index (χ3n) is 5.11. The Bertz CT molecular complexity index is 605. The number of hydrogen-bond acceptors (Lipinski definition) is 4. The monoisotopic (exact) mass is 374 g/mol. The average Bonchev–Trinajstić information content (AvgIpc) is 3.08. The maximum atomic E-state index is 11.9. The van der Waals surface area contributed by atoms with Gasteiger partial charge in [-0.05, 0) is 37.8 Å². The van der Waals surface area contributed by atoms with Gasteiger partial charge in [0.05, 0.1) is 13.0 Å². The highest BCUT2D eigenvalue weighted by atomic mass is 16.5. The fourth-order valence-corrected chi connectivity index (χ4v) is 3.48. The molecule has 1 aromatic carbocycles. The van der Waals surface area contributed by atoms with Crippen LogP contribution in [0.4, 0.5) is 5.69 Å². The number of hydrogen-bond donors (Lipinski definition) is 1. The number of unbranched alkanes of at least 4 members (excludes halogenated alkanes) is 1. The number of methoxy groups -OCH3 is 1. The van der Waals surface area contributed by atoms with Crippen LogP contribution in [0.2, 0.25) is 0 Å². The Labute approximate surface area is 163 Å². The zero-order valence-corrected chi connectivity index (χ0v) is 17.1. The molecular weight excluding hydrogens is 340 g/mol. The van der Waals surface area contributed by atoms with Gasteiger partial charge in [0.2, 0.25) is 0 Å². The summed E-state index contributed by atoms with van der Waals surface area (Å²) >= 11 is 0. The number of aliphatic imine (C=N–C) groups is 1. The van der Waals surface area contributed by atoms with Crippen LogP contribution in [0.1, 0.15) is 26.7 Å². The molecule has 1 aromatic rings. The maximum absolute atomic E-state index is 11.9. The summed E-state index contributed by atoms with van der Waals surface area (Å²) < 4.78 is 4.93. The second-order valence-electron chi connectivity index (χ2n) is 7.21. The Kier molecular flexibility index (Phi) is 8.43. The van der Waals surface area contributed by atoms with Crippen molar-refractivity contribution in [2.45, 2.75) is 26.7 Å². The van der Waals surface area contributed by atoms with Crippen molar-refractivity contribution in [3.05, 3.63) is 30.3 Å². The van der Waals surface area contributed by atoms with E-state index in [-0.39, 0.29) is 17.8 Å². The molecule has 0 saturated carbocycles. The van der Waals surface area contributed by atoms with Crippen LogP contribution in [0.25, 0.3) is 0 Å². The number of para-hydroxylation sites is 1. The molecule has 6 heteroatoms. The standard InChI is InChI=1S/C21H34N4O2/c1-5-22-21(25-15-17(2)19(16-25)20(26)27-4)23-13-9-10-14-24(3)18-11-7-6-8-12-18/h6-8,11-12,17,19H,5,9-10,13-16H2,1-4H3,(H,22,23). The second-order valence-corrected chi connectivity index (χ2v) is 7.21. The summed E-state index contributed by atoms with van der Waals surface area (Å²) in [6.45, 7) is 8.31. The topological polar surface area (TPSA) is 57.2 Å². The fraction of sp³-hybridized carbons (Fsp3) is 0.619. The molecule has 6 nitrogen and oxygen atoms in total. The predicted octanol–water partition coefficient (Wildman–Crippen LogP) is 2.61. The number of carbonyl (C=O) groups is 1. The van der Waals surface area contributed by atoms with Gasteiger partial charge in [-0.1, -0.05) is 25.1 Å². The minimum absolute atomic E-state index is 0.0709. The number of benzene rings is 1. The SMILES string of the molecule is CCNC(=NCCCCN(C)c1ccccc1)N1CC(C)C(C(=O)OC)C1. The Morgan fingerprint density at radius 2 is 2.04 bits per heavy atom. The van der Waals surface area contributed by atoms with Crippen LogP contribution in [0.3, 0.4) is 0 Å². The maximum Gasteiger partial charge on any atom is 0.310 e. The van der Waals surface area contributed by atoms with E-state index in [1.165, 1.54) is 12.8 Å². The lowest BCUT2D eigenvalue weighted by Crippen LogP contribution is -2.40. The van der Waals surface area contributed by atoms with Gasteiger partial charge >= 0.3 is 5.97 Å². The van der Waals surface area contributed by atoms with Crippen LogP contribution in [0.15, 0.2) is 35.3 Å². The summed E-state index contributed by atoms with van der Waals surface area (Å²) in [5, 5.41) is 3.36. The van der Waals surface area contributed by atoms with E-state index in [9.17, 15) is 4.79 Å². The summed E-state index contributed by atoms with van der Waals surface area (Å²) in [6, 6.07) is 10.4. The number of guanidine groups is 1. The first kappa shape index (κ1) is 21.1. The van der Waals surface area contributed by atoms with E-state index in [1.807, 2.05) is 6.07 Å². The molecular formula is C21H34N4O2. The van der Waals surface area contributed by atoms with Gasteiger partial charge in [-0.25, -0.2) is 0 Å². The Balaban J connectivity index is 1.81. The van der Waals surface area contributed by atoms with Crippen molar-refractivity contribution in [1.82, 2.24) is 10.2 Å². The van der Waals surface area contributed by atoms with E-state index in [0.717, 1.165) is 45.0 Å². The first-order chi connectivity index (χ1) is 13.1. The van der Waals surface area contributed by atoms with Crippen LogP contribution in [-0.4, -0.2) is 63.7 Å². The molecule has 0 radical (unpaired) electrons. The van der Waals surface area contributed by atoms with Crippen LogP contribution < -0.4 is 10.2 Å². The molecule has 2 atom stereocenters. The first-order valence-corrected chi connectivity index (χ1v) is 9.94. The van der Waals surface area contributed by atoms with E-state index in [1.54, 1.807) is 0 Å². The van der Waals surface area contributed by atoms with Crippen LogP contribution in [0, 0.1) is 11.8 Å². The van der Waals surface area contributed by atoms with Crippen molar-refractivity contribution in [3.63, 3.8) is 0 Å². The van der Waals surface area contributed by atoms with Crippen molar-refractivity contribution < 1.29 is 9.53 Å². The number of nitrogens with zero attached hydrogens (tertiary/aromatic N) is 3. The molecule has 1 aliphatic rings. The second kappa shape index (κ2) is 10.8.